The number of aryl methyl sites for hydroxylation is 1. The van der Waals surface area contributed by atoms with E-state index in [0.29, 0.717) is 29.2 Å². The third-order valence-corrected chi connectivity index (χ3v) is 7.23. The molecule has 0 aliphatic carbocycles. The number of pyridine rings is 1. The van der Waals surface area contributed by atoms with Crippen molar-refractivity contribution in [2.24, 2.45) is 0 Å². The lowest BCUT2D eigenvalue weighted by Crippen LogP contribution is -2.35. The predicted molar refractivity (Wildman–Crippen MR) is 115 cm³/mol. The lowest BCUT2D eigenvalue weighted by molar-refractivity contribution is -0.0499. The highest BCUT2D eigenvalue weighted by Gasteiger charge is 2.49. The van der Waals surface area contributed by atoms with E-state index < -0.39 is 15.6 Å². The smallest absolute Gasteiger partial charge is 0.375 e. The van der Waals surface area contributed by atoms with Gasteiger partial charge in [-0.1, -0.05) is 30.3 Å². The molecule has 1 fully saturated rings. The molecule has 9 heteroatoms. The van der Waals surface area contributed by atoms with Crippen LogP contribution < -0.4 is 4.18 Å². The van der Waals surface area contributed by atoms with E-state index in [1.54, 1.807) is 18.2 Å². The van der Waals surface area contributed by atoms with Crippen LogP contribution in [0.25, 0.3) is 22.0 Å². The Hall–Kier alpha value is -2.65. The second-order valence-electron chi connectivity index (χ2n) is 8.36. The van der Waals surface area contributed by atoms with Crippen LogP contribution in [0.5, 0.6) is 5.75 Å². The number of nitrogens with zero attached hydrogens (tertiary/aromatic N) is 2. The van der Waals surface area contributed by atoms with Crippen molar-refractivity contribution in [2.75, 3.05) is 6.54 Å². The first-order valence-electron chi connectivity index (χ1n) is 10.4. The Kier molecular flexibility index (Phi) is 4.94. The zero-order chi connectivity index (χ0) is 22.7. The molecule has 0 radical (unpaired) electrons. The molecule has 3 heterocycles. The standard InChI is InChI=1S/C23H21F3N2O3S/c1-14-11-16-13-28-10-4-6-17(28)12-19(16)22(27-14)21-18-7-3-2-5-15(18)8-9-20(21)31-32(29,30)23(24,25)26/h2-3,5,7-9,11,17H,4,6,10,12-13H2,1H3/t17-/m0/s1. The maximum Gasteiger partial charge on any atom is 0.534 e. The highest BCUT2D eigenvalue weighted by atomic mass is 32.2. The molecule has 32 heavy (non-hydrogen) atoms. The molecule has 5 rings (SSSR count). The molecule has 0 bridgehead atoms. The van der Waals surface area contributed by atoms with Crippen LogP contribution in [0, 0.1) is 6.92 Å². The van der Waals surface area contributed by atoms with Crippen molar-refractivity contribution in [3.63, 3.8) is 0 Å². The molecule has 0 spiro atoms. The normalized spacial score (nSPS) is 19.1. The van der Waals surface area contributed by atoms with Gasteiger partial charge in [-0.2, -0.15) is 21.6 Å². The molecule has 0 saturated carbocycles. The van der Waals surface area contributed by atoms with E-state index in [4.69, 9.17) is 4.98 Å². The first kappa shape index (κ1) is 21.2. The molecule has 0 amide bonds. The number of rotatable bonds is 3. The fourth-order valence-electron chi connectivity index (χ4n) is 4.86. The van der Waals surface area contributed by atoms with E-state index in [1.165, 1.54) is 6.07 Å². The van der Waals surface area contributed by atoms with E-state index in [0.717, 1.165) is 42.4 Å². The quantitative estimate of drug-likeness (QED) is 0.407. The Morgan fingerprint density at radius 2 is 1.94 bits per heavy atom. The lowest BCUT2D eigenvalue weighted by Gasteiger charge is -2.33. The molecule has 3 aromatic rings. The van der Waals surface area contributed by atoms with E-state index in [2.05, 4.69) is 9.08 Å². The number of halogens is 3. The minimum Gasteiger partial charge on any atom is -0.375 e. The largest absolute Gasteiger partial charge is 0.534 e. The van der Waals surface area contributed by atoms with Crippen LogP contribution in [0.15, 0.2) is 42.5 Å². The monoisotopic (exact) mass is 462 g/mol. The van der Waals surface area contributed by atoms with Crippen molar-refractivity contribution in [3.05, 3.63) is 59.3 Å². The van der Waals surface area contributed by atoms with Crippen molar-refractivity contribution >= 4 is 20.9 Å². The van der Waals surface area contributed by atoms with Crippen LogP contribution in [0.2, 0.25) is 0 Å². The Balaban J connectivity index is 1.76. The summed E-state index contributed by atoms with van der Waals surface area (Å²) in [6, 6.07) is 12.3. The van der Waals surface area contributed by atoms with E-state index in [9.17, 15) is 21.6 Å². The van der Waals surface area contributed by atoms with Gasteiger partial charge in [-0.15, -0.1) is 0 Å². The predicted octanol–water partition coefficient (Wildman–Crippen LogP) is 4.96. The van der Waals surface area contributed by atoms with Crippen LogP contribution in [-0.4, -0.2) is 36.4 Å². The molecule has 168 valence electrons. The summed E-state index contributed by atoms with van der Waals surface area (Å²) in [6.45, 7) is 3.60. The van der Waals surface area contributed by atoms with Crippen LogP contribution in [-0.2, 0) is 23.1 Å². The molecule has 1 aromatic heterocycles. The Morgan fingerprint density at radius 1 is 1.16 bits per heavy atom. The van der Waals surface area contributed by atoms with Crippen molar-refractivity contribution in [2.45, 2.75) is 44.3 Å². The first-order valence-corrected chi connectivity index (χ1v) is 11.8. The topological polar surface area (TPSA) is 59.5 Å². The maximum atomic E-state index is 13.1. The van der Waals surface area contributed by atoms with Gasteiger partial charge in [-0.3, -0.25) is 9.88 Å². The van der Waals surface area contributed by atoms with E-state index in [-0.39, 0.29) is 11.3 Å². The minimum absolute atomic E-state index is 0.280. The van der Waals surface area contributed by atoms with Gasteiger partial charge in [-0.25, -0.2) is 0 Å². The van der Waals surface area contributed by atoms with Gasteiger partial charge in [0.1, 0.15) is 0 Å². The summed E-state index contributed by atoms with van der Waals surface area (Å²) in [5.41, 5.74) is -2.01. The Morgan fingerprint density at radius 3 is 2.72 bits per heavy atom. The van der Waals surface area contributed by atoms with Crippen molar-refractivity contribution in [1.82, 2.24) is 9.88 Å². The number of hydrogen-bond acceptors (Lipinski definition) is 5. The highest BCUT2D eigenvalue weighted by Crippen LogP contribution is 2.43. The second kappa shape index (κ2) is 7.45. The van der Waals surface area contributed by atoms with Gasteiger partial charge in [0.15, 0.2) is 5.75 Å². The van der Waals surface area contributed by atoms with E-state index >= 15 is 0 Å². The second-order valence-corrected chi connectivity index (χ2v) is 9.90. The molecule has 0 unspecified atom stereocenters. The van der Waals surface area contributed by atoms with Crippen LogP contribution >= 0.6 is 0 Å². The van der Waals surface area contributed by atoms with Gasteiger partial charge in [0.25, 0.3) is 0 Å². The average Bonchev–Trinajstić information content (AvgIpc) is 3.18. The molecular weight excluding hydrogens is 441 g/mol. The number of alkyl halides is 3. The van der Waals surface area contributed by atoms with Gasteiger partial charge < -0.3 is 4.18 Å². The van der Waals surface area contributed by atoms with Crippen molar-refractivity contribution < 1.29 is 25.8 Å². The van der Waals surface area contributed by atoms with Gasteiger partial charge >= 0.3 is 15.6 Å². The van der Waals surface area contributed by atoms with Crippen LogP contribution in [0.1, 0.15) is 29.7 Å². The first-order chi connectivity index (χ1) is 15.1. The molecule has 0 N–H and O–H groups in total. The van der Waals surface area contributed by atoms with Crippen molar-refractivity contribution in [3.8, 4) is 17.0 Å². The highest BCUT2D eigenvalue weighted by molar-refractivity contribution is 7.88. The molecule has 2 aliphatic heterocycles. The number of benzene rings is 2. The van der Waals surface area contributed by atoms with Crippen LogP contribution in [0.3, 0.4) is 0 Å². The van der Waals surface area contributed by atoms with Gasteiger partial charge in [-0.05, 0) is 66.8 Å². The lowest BCUT2D eigenvalue weighted by atomic mass is 9.88. The molecule has 2 aromatic carbocycles. The fourth-order valence-corrected chi connectivity index (χ4v) is 5.33. The Bertz CT molecular complexity index is 1320. The summed E-state index contributed by atoms with van der Waals surface area (Å²) in [7, 11) is -5.83. The number of aromatic nitrogens is 1. The third-order valence-electron chi connectivity index (χ3n) is 6.27. The van der Waals surface area contributed by atoms with Gasteiger partial charge in [0, 0.05) is 18.3 Å². The summed E-state index contributed by atoms with van der Waals surface area (Å²) in [5.74, 6) is -0.366. The van der Waals surface area contributed by atoms with Crippen LogP contribution in [0.4, 0.5) is 13.2 Å². The average molecular weight is 462 g/mol. The summed E-state index contributed by atoms with van der Waals surface area (Å²) in [5, 5.41) is 1.35. The summed E-state index contributed by atoms with van der Waals surface area (Å²) < 4.78 is 67.8. The van der Waals surface area contributed by atoms with Crippen molar-refractivity contribution in [1.29, 1.82) is 0 Å². The third kappa shape index (κ3) is 3.53. The zero-order valence-electron chi connectivity index (χ0n) is 17.3. The molecule has 1 saturated heterocycles. The SMILES string of the molecule is Cc1cc2c(c(-c3c(OS(=O)(=O)C(F)(F)F)ccc4ccccc34)n1)C[C@@H]1CCCN1C2. The maximum absolute atomic E-state index is 13.1. The minimum atomic E-state index is -5.83. The number of hydrogen-bond donors (Lipinski definition) is 0. The zero-order valence-corrected chi connectivity index (χ0v) is 18.1. The summed E-state index contributed by atoms with van der Waals surface area (Å²) >= 11 is 0. The summed E-state index contributed by atoms with van der Waals surface area (Å²) in [6.07, 6.45) is 2.87. The molecule has 2 aliphatic rings. The van der Waals surface area contributed by atoms with E-state index in [1.807, 2.05) is 25.1 Å². The van der Waals surface area contributed by atoms with Gasteiger partial charge in [0.05, 0.1) is 11.3 Å². The summed E-state index contributed by atoms with van der Waals surface area (Å²) in [4.78, 5) is 7.12. The molecule has 1 atom stereocenters. The fraction of sp³-hybridized carbons (Fsp3) is 0.348. The molecular formula is C23H21F3N2O3S. The molecule has 5 nitrogen and oxygen atoms in total. The van der Waals surface area contributed by atoms with Gasteiger partial charge in [0.2, 0.25) is 0 Å². The Labute approximate surface area is 184 Å². The number of fused-ring (bicyclic) bond motifs is 3.